The Morgan fingerprint density at radius 2 is 1.64 bits per heavy atom. The lowest BCUT2D eigenvalue weighted by Gasteiger charge is -2.39. The van der Waals surface area contributed by atoms with Crippen LogP contribution in [0.5, 0.6) is 0 Å². The Labute approximate surface area is 158 Å². The van der Waals surface area contributed by atoms with Gasteiger partial charge < -0.3 is 9.80 Å². The van der Waals surface area contributed by atoms with Gasteiger partial charge in [0.05, 0.1) is 0 Å². The Kier molecular flexibility index (Phi) is 4.24. The minimum atomic E-state index is -1.35. The molecule has 1 aliphatic carbocycles. The molecule has 0 aromatic heterocycles. The van der Waals surface area contributed by atoms with E-state index in [0.29, 0.717) is 18.5 Å². The largest absolute Gasteiger partial charge is 0.339 e. The summed E-state index contributed by atoms with van der Waals surface area (Å²) in [4.78, 5) is 28.8. The highest BCUT2D eigenvalue weighted by Gasteiger charge is 2.57. The van der Waals surface area contributed by atoms with Crippen molar-refractivity contribution in [3.63, 3.8) is 0 Å². The van der Waals surface area contributed by atoms with Gasteiger partial charge >= 0.3 is 0 Å². The van der Waals surface area contributed by atoms with E-state index in [0.717, 1.165) is 44.5 Å². The van der Waals surface area contributed by atoms with Gasteiger partial charge in [-0.2, -0.15) is 0 Å². The summed E-state index contributed by atoms with van der Waals surface area (Å²) in [6, 6.07) is 7.27. The molecule has 0 radical (unpaired) electrons. The zero-order valence-corrected chi connectivity index (χ0v) is 15.7. The summed E-state index contributed by atoms with van der Waals surface area (Å²) < 4.78 is -1.35. The van der Waals surface area contributed by atoms with Gasteiger partial charge in [0.25, 0.3) is 11.8 Å². The normalized spacial score (nSPS) is 24.5. The topological polar surface area (TPSA) is 40.6 Å². The van der Waals surface area contributed by atoms with Crippen LogP contribution in [0.2, 0.25) is 0 Å². The van der Waals surface area contributed by atoms with Crippen molar-refractivity contribution in [2.45, 2.75) is 42.9 Å². The number of anilines is 1. The molecule has 0 N–H and O–H groups in total. The van der Waals surface area contributed by atoms with E-state index in [4.69, 9.17) is 23.2 Å². The Bertz CT molecular complexity index is 692. The van der Waals surface area contributed by atoms with Gasteiger partial charge in [-0.3, -0.25) is 9.59 Å². The molecule has 0 unspecified atom stereocenters. The third-order valence-corrected chi connectivity index (χ3v) is 6.27. The van der Waals surface area contributed by atoms with Gasteiger partial charge in [-0.05, 0) is 68.2 Å². The van der Waals surface area contributed by atoms with Gasteiger partial charge in [0.15, 0.2) is 4.33 Å². The van der Waals surface area contributed by atoms with Crippen molar-refractivity contribution in [2.24, 2.45) is 5.41 Å². The molecule has 1 aromatic rings. The summed E-state index contributed by atoms with van der Waals surface area (Å²) >= 11 is 12.6. The van der Waals surface area contributed by atoms with Crippen LogP contribution in [0.1, 0.15) is 48.9 Å². The van der Waals surface area contributed by atoms with E-state index in [1.807, 2.05) is 17.0 Å². The lowest BCUT2D eigenvalue weighted by molar-refractivity contribution is -0.121. The first-order valence-electron chi connectivity index (χ1n) is 8.99. The van der Waals surface area contributed by atoms with Crippen LogP contribution in [0.15, 0.2) is 24.3 Å². The van der Waals surface area contributed by atoms with Crippen molar-refractivity contribution >= 4 is 40.7 Å². The number of benzene rings is 1. The van der Waals surface area contributed by atoms with E-state index < -0.39 is 4.33 Å². The van der Waals surface area contributed by atoms with E-state index in [1.165, 1.54) is 6.42 Å². The number of nitrogens with zero attached hydrogens (tertiary/aromatic N) is 2. The minimum Gasteiger partial charge on any atom is -0.339 e. The molecular formula is C19H22Cl2N2O2. The first-order chi connectivity index (χ1) is 11.9. The fraction of sp³-hybridized carbons (Fsp3) is 0.579. The van der Waals surface area contributed by atoms with E-state index in [1.54, 1.807) is 17.0 Å². The second kappa shape index (κ2) is 6.17. The van der Waals surface area contributed by atoms with Gasteiger partial charge in [-0.25, -0.2) is 0 Å². The van der Waals surface area contributed by atoms with Crippen molar-refractivity contribution in [1.29, 1.82) is 0 Å². The van der Waals surface area contributed by atoms with E-state index in [-0.39, 0.29) is 17.2 Å². The van der Waals surface area contributed by atoms with Gasteiger partial charge in [0, 0.05) is 30.9 Å². The molecule has 1 aromatic carbocycles. The monoisotopic (exact) mass is 380 g/mol. The average Bonchev–Trinajstić information content (AvgIpc) is 3.37. The molecule has 0 bridgehead atoms. The van der Waals surface area contributed by atoms with Crippen molar-refractivity contribution in [3.05, 3.63) is 29.8 Å². The summed E-state index contributed by atoms with van der Waals surface area (Å²) in [5, 5.41) is 0. The zero-order valence-electron chi connectivity index (χ0n) is 14.1. The Morgan fingerprint density at radius 1 is 1.00 bits per heavy atom. The minimum absolute atomic E-state index is 0.0684. The Balaban J connectivity index is 1.53. The van der Waals surface area contributed by atoms with Gasteiger partial charge in [0.1, 0.15) is 0 Å². The highest BCUT2D eigenvalue weighted by molar-refractivity contribution is 6.59. The molecule has 3 aliphatic rings. The van der Waals surface area contributed by atoms with Crippen LogP contribution in [0.3, 0.4) is 0 Å². The second-order valence-electron chi connectivity index (χ2n) is 7.67. The number of hydrogen-bond acceptors (Lipinski definition) is 2. The van der Waals surface area contributed by atoms with E-state index in [2.05, 4.69) is 0 Å². The maximum Gasteiger partial charge on any atom is 0.263 e. The maximum absolute atomic E-state index is 12.6. The number of hydrogen-bond donors (Lipinski definition) is 0. The molecule has 4 nitrogen and oxygen atoms in total. The third kappa shape index (κ3) is 3.26. The number of rotatable bonds is 2. The predicted molar refractivity (Wildman–Crippen MR) is 99.3 cm³/mol. The Morgan fingerprint density at radius 3 is 2.24 bits per heavy atom. The van der Waals surface area contributed by atoms with Gasteiger partial charge in [-0.15, -0.1) is 0 Å². The molecule has 2 amide bonds. The van der Waals surface area contributed by atoms with Crippen LogP contribution in [-0.4, -0.2) is 40.7 Å². The van der Waals surface area contributed by atoms with Crippen molar-refractivity contribution in [2.75, 3.05) is 24.5 Å². The number of carbonyl (C=O) groups is 2. The summed E-state index contributed by atoms with van der Waals surface area (Å²) in [7, 11) is 0. The van der Waals surface area contributed by atoms with Crippen molar-refractivity contribution in [1.82, 2.24) is 4.90 Å². The van der Waals surface area contributed by atoms with Crippen LogP contribution in [-0.2, 0) is 4.79 Å². The molecule has 134 valence electrons. The van der Waals surface area contributed by atoms with Crippen LogP contribution in [0.4, 0.5) is 5.69 Å². The maximum atomic E-state index is 12.6. The first-order valence-corrected chi connectivity index (χ1v) is 9.75. The van der Waals surface area contributed by atoms with Gasteiger partial charge in [-0.1, -0.05) is 23.2 Å². The van der Waals surface area contributed by atoms with Crippen molar-refractivity contribution < 1.29 is 9.59 Å². The number of alkyl halides is 2. The standard InChI is InChI=1S/C19H22Cl2N2O2/c20-19(21)12-18(8-9-18)13-23(17(19)25)15-6-4-14(5-7-15)16(24)22-10-2-1-3-11-22/h4-7H,1-3,8-13H2. The first kappa shape index (κ1) is 17.2. The molecule has 2 saturated heterocycles. The lowest BCUT2D eigenvalue weighted by Crippen LogP contribution is -2.52. The molecule has 4 rings (SSSR count). The zero-order chi connectivity index (χ0) is 17.7. The molecule has 2 heterocycles. The number of likely N-dealkylation sites (tertiary alicyclic amines) is 1. The van der Waals surface area contributed by atoms with Crippen molar-refractivity contribution in [3.8, 4) is 0 Å². The number of amides is 2. The molecule has 2 aliphatic heterocycles. The molecular weight excluding hydrogens is 359 g/mol. The van der Waals surface area contributed by atoms with Crippen LogP contribution in [0.25, 0.3) is 0 Å². The number of halogens is 2. The molecule has 25 heavy (non-hydrogen) atoms. The molecule has 0 atom stereocenters. The van der Waals surface area contributed by atoms with Gasteiger partial charge in [0.2, 0.25) is 0 Å². The number of piperidine rings is 2. The highest BCUT2D eigenvalue weighted by Crippen LogP contribution is 2.57. The van der Waals surface area contributed by atoms with E-state index in [9.17, 15) is 9.59 Å². The fourth-order valence-electron chi connectivity index (χ4n) is 3.99. The summed E-state index contributed by atoms with van der Waals surface area (Å²) in [5.41, 5.74) is 1.50. The Hall–Kier alpha value is -1.26. The summed E-state index contributed by atoms with van der Waals surface area (Å²) in [5.74, 6) is -0.192. The second-order valence-corrected chi connectivity index (χ2v) is 9.16. The number of carbonyl (C=O) groups excluding carboxylic acids is 2. The van der Waals surface area contributed by atoms with E-state index >= 15 is 0 Å². The fourth-order valence-corrected chi connectivity index (χ4v) is 4.76. The predicted octanol–water partition coefficient (Wildman–Crippen LogP) is 4.00. The smallest absolute Gasteiger partial charge is 0.263 e. The average molecular weight is 381 g/mol. The SMILES string of the molecule is O=C(c1ccc(N2CC3(CC3)CC(Cl)(Cl)C2=O)cc1)N1CCCCC1. The van der Waals surface area contributed by atoms with Crippen LogP contribution < -0.4 is 4.90 Å². The summed E-state index contributed by atoms with van der Waals surface area (Å²) in [6.07, 6.45) is 5.99. The molecule has 6 heteroatoms. The van der Waals surface area contributed by atoms with Crippen LogP contribution in [0, 0.1) is 5.41 Å². The quantitative estimate of drug-likeness (QED) is 0.727. The highest BCUT2D eigenvalue weighted by atomic mass is 35.5. The molecule has 1 saturated carbocycles. The molecule has 3 fully saturated rings. The summed E-state index contributed by atoms with van der Waals surface area (Å²) in [6.45, 7) is 2.32. The third-order valence-electron chi connectivity index (χ3n) is 5.67. The molecule has 1 spiro atoms. The lowest BCUT2D eigenvalue weighted by atomic mass is 9.93. The van der Waals surface area contributed by atoms with Crippen LogP contribution >= 0.6 is 23.2 Å².